The summed E-state index contributed by atoms with van der Waals surface area (Å²) in [6.07, 6.45) is -3.92. The molecule has 2 atom stereocenters. The molecule has 1 aromatic rings. The zero-order valence-corrected chi connectivity index (χ0v) is 14.8. The van der Waals surface area contributed by atoms with Gasteiger partial charge in [-0.05, 0) is 38.0 Å². The molecule has 140 valence electrons. The maximum Gasteiger partial charge on any atom is 0.418 e. The highest BCUT2D eigenvalue weighted by Crippen LogP contribution is 2.36. The Balaban J connectivity index is 2.16. The molecule has 1 heterocycles. The number of hydrogen-bond acceptors (Lipinski definition) is 4. The van der Waals surface area contributed by atoms with Crippen LogP contribution in [-0.2, 0) is 25.5 Å². The normalized spacial score (nSPS) is 19.6. The molecule has 1 aliphatic rings. The van der Waals surface area contributed by atoms with Gasteiger partial charge in [0.15, 0.2) is 9.84 Å². The van der Waals surface area contributed by atoms with Crippen LogP contribution in [0.2, 0.25) is 5.02 Å². The van der Waals surface area contributed by atoms with Crippen molar-refractivity contribution in [3.8, 4) is 0 Å². The van der Waals surface area contributed by atoms with E-state index in [-0.39, 0.29) is 10.8 Å². The molecule has 0 bridgehead atoms. The number of carbonyl (C=O) groups excluding carboxylic acids is 1. The highest BCUT2D eigenvalue weighted by molar-refractivity contribution is 7.92. The molecule has 0 aliphatic carbocycles. The van der Waals surface area contributed by atoms with Gasteiger partial charge in [-0.2, -0.15) is 13.2 Å². The second-order valence-electron chi connectivity index (χ2n) is 5.78. The summed E-state index contributed by atoms with van der Waals surface area (Å²) >= 11 is 5.57. The molecule has 1 aliphatic heterocycles. The van der Waals surface area contributed by atoms with Gasteiger partial charge in [0.05, 0.1) is 23.1 Å². The molecule has 5 nitrogen and oxygen atoms in total. The van der Waals surface area contributed by atoms with Gasteiger partial charge in [-0.3, -0.25) is 4.79 Å². The number of carbonyl (C=O) groups is 1. The first-order valence-corrected chi connectivity index (χ1v) is 9.61. The molecule has 1 fully saturated rings. The third kappa shape index (κ3) is 5.08. The number of alkyl halides is 3. The molecular formula is C15H17ClF3NO4S. The Morgan fingerprint density at radius 2 is 2.12 bits per heavy atom. The molecule has 0 radical (unpaired) electrons. The summed E-state index contributed by atoms with van der Waals surface area (Å²) < 4.78 is 68.9. The van der Waals surface area contributed by atoms with Crippen LogP contribution in [0.15, 0.2) is 18.2 Å². The maximum atomic E-state index is 13.0. The van der Waals surface area contributed by atoms with Crippen LogP contribution in [-0.4, -0.2) is 38.0 Å². The second-order valence-corrected chi connectivity index (χ2v) is 8.59. The van der Waals surface area contributed by atoms with E-state index in [2.05, 4.69) is 0 Å². The fourth-order valence-electron chi connectivity index (χ4n) is 2.44. The SMILES string of the molecule is C[C@@H](C(=O)Nc1ccc(Cl)cc1C(F)(F)F)S(=O)(=O)C[C@@H]1CCCO1. The van der Waals surface area contributed by atoms with Crippen molar-refractivity contribution in [3.05, 3.63) is 28.8 Å². The number of anilines is 1. The highest BCUT2D eigenvalue weighted by Gasteiger charge is 2.36. The second kappa shape index (κ2) is 7.51. The van der Waals surface area contributed by atoms with E-state index in [4.69, 9.17) is 16.3 Å². The minimum absolute atomic E-state index is 0.149. The predicted octanol–water partition coefficient (Wildman–Crippen LogP) is 3.28. The van der Waals surface area contributed by atoms with Crippen LogP contribution < -0.4 is 5.32 Å². The summed E-state index contributed by atoms with van der Waals surface area (Å²) in [5.41, 5.74) is -1.68. The Kier molecular flexibility index (Phi) is 6.01. The lowest BCUT2D eigenvalue weighted by molar-refractivity contribution is -0.137. The minimum atomic E-state index is -4.74. The Morgan fingerprint density at radius 1 is 1.44 bits per heavy atom. The van der Waals surface area contributed by atoms with Crippen molar-refractivity contribution in [1.29, 1.82) is 0 Å². The van der Waals surface area contributed by atoms with Gasteiger partial charge in [-0.1, -0.05) is 11.6 Å². The zero-order valence-electron chi connectivity index (χ0n) is 13.3. The minimum Gasteiger partial charge on any atom is -0.377 e. The summed E-state index contributed by atoms with van der Waals surface area (Å²) in [7, 11) is -3.86. The zero-order chi connectivity index (χ0) is 18.8. The molecule has 1 amide bonds. The number of rotatable bonds is 5. The maximum absolute atomic E-state index is 13.0. The first-order chi connectivity index (χ1) is 11.5. The number of sulfone groups is 1. The molecule has 0 saturated carbocycles. The molecule has 1 saturated heterocycles. The van der Waals surface area contributed by atoms with Crippen molar-refractivity contribution < 1.29 is 31.1 Å². The molecule has 1 N–H and O–H groups in total. The lowest BCUT2D eigenvalue weighted by atomic mass is 10.1. The van der Waals surface area contributed by atoms with Crippen molar-refractivity contribution in [2.24, 2.45) is 0 Å². The summed E-state index contributed by atoms with van der Waals surface area (Å²) in [6.45, 7) is 1.60. The topological polar surface area (TPSA) is 72.5 Å². The predicted molar refractivity (Wildman–Crippen MR) is 87.3 cm³/mol. The van der Waals surface area contributed by atoms with Gasteiger partial charge in [-0.15, -0.1) is 0 Å². The van der Waals surface area contributed by atoms with E-state index in [9.17, 15) is 26.4 Å². The molecule has 0 spiro atoms. The fraction of sp³-hybridized carbons (Fsp3) is 0.533. The van der Waals surface area contributed by atoms with E-state index in [0.717, 1.165) is 19.4 Å². The van der Waals surface area contributed by atoms with Gasteiger partial charge in [0.1, 0.15) is 5.25 Å². The Labute approximate surface area is 148 Å². The van der Waals surface area contributed by atoms with Gasteiger partial charge >= 0.3 is 6.18 Å². The molecule has 10 heteroatoms. The van der Waals surface area contributed by atoms with Crippen molar-refractivity contribution >= 4 is 33.0 Å². The largest absolute Gasteiger partial charge is 0.418 e. The van der Waals surface area contributed by atoms with Crippen LogP contribution in [0.25, 0.3) is 0 Å². The van der Waals surface area contributed by atoms with E-state index in [1.165, 1.54) is 6.07 Å². The summed E-state index contributed by atoms with van der Waals surface area (Å²) in [4.78, 5) is 12.2. The number of halogens is 4. The van der Waals surface area contributed by atoms with Crippen molar-refractivity contribution in [1.82, 2.24) is 0 Å². The Hall–Kier alpha value is -1.32. The van der Waals surface area contributed by atoms with Gasteiger partial charge in [-0.25, -0.2) is 8.42 Å². The Morgan fingerprint density at radius 3 is 2.68 bits per heavy atom. The van der Waals surface area contributed by atoms with Crippen LogP contribution in [0.3, 0.4) is 0 Å². The lowest BCUT2D eigenvalue weighted by Crippen LogP contribution is -2.37. The average Bonchev–Trinajstić information content (AvgIpc) is 2.99. The van der Waals surface area contributed by atoms with Gasteiger partial charge in [0, 0.05) is 11.6 Å². The van der Waals surface area contributed by atoms with Crippen LogP contribution in [0.4, 0.5) is 18.9 Å². The van der Waals surface area contributed by atoms with Gasteiger partial charge < -0.3 is 10.1 Å². The third-order valence-corrected chi connectivity index (χ3v) is 6.26. The van der Waals surface area contributed by atoms with Gasteiger partial charge in [0.2, 0.25) is 5.91 Å². The standard InChI is InChI=1S/C15H17ClF3NO4S/c1-9(25(22,23)8-11-3-2-6-24-11)14(21)20-13-5-4-10(16)7-12(13)15(17,18)19/h4-5,7,9,11H,2-3,6,8H2,1H3,(H,20,21)/t9-,11-/m0/s1. The smallest absolute Gasteiger partial charge is 0.377 e. The van der Waals surface area contributed by atoms with E-state index >= 15 is 0 Å². The van der Waals surface area contributed by atoms with E-state index in [1.807, 2.05) is 5.32 Å². The first kappa shape index (κ1) is 20.0. The summed E-state index contributed by atoms with van der Waals surface area (Å²) in [5.74, 6) is -1.38. The number of benzene rings is 1. The molecule has 2 rings (SSSR count). The monoisotopic (exact) mass is 399 g/mol. The fourth-order valence-corrected chi connectivity index (χ4v) is 4.06. The van der Waals surface area contributed by atoms with Crippen LogP contribution >= 0.6 is 11.6 Å². The first-order valence-electron chi connectivity index (χ1n) is 7.51. The van der Waals surface area contributed by atoms with Crippen LogP contribution in [0.1, 0.15) is 25.3 Å². The lowest BCUT2D eigenvalue weighted by Gasteiger charge is -2.18. The third-order valence-electron chi connectivity index (χ3n) is 3.89. The summed E-state index contributed by atoms with van der Waals surface area (Å²) in [5, 5.41) is 0.383. The van der Waals surface area contributed by atoms with Crippen molar-refractivity contribution in [2.75, 3.05) is 17.7 Å². The van der Waals surface area contributed by atoms with Gasteiger partial charge in [0.25, 0.3) is 0 Å². The van der Waals surface area contributed by atoms with Crippen molar-refractivity contribution in [3.63, 3.8) is 0 Å². The molecule has 0 aromatic heterocycles. The van der Waals surface area contributed by atoms with Crippen LogP contribution in [0.5, 0.6) is 0 Å². The molecule has 1 aromatic carbocycles. The molecule has 0 unspecified atom stereocenters. The summed E-state index contributed by atoms with van der Waals surface area (Å²) in [6, 6.07) is 2.84. The number of amides is 1. The van der Waals surface area contributed by atoms with E-state index in [0.29, 0.717) is 19.1 Å². The number of ether oxygens (including phenoxy) is 1. The Bertz CT molecular complexity index is 746. The molecular weight excluding hydrogens is 383 g/mol. The van der Waals surface area contributed by atoms with E-state index < -0.39 is 44.5 Å². The van der Waals surface area contributed by atoms with Crippen molar-refractivity contribution in [2.45, 2.75) is 37.3 Å². The average molecular weight is 400 g/mol. The number of nitrogens with one attached hydrogen (secondary N) is 1. The number of hydrogen-bond donors (Lipinski definition) is 1. The molecule has 25 heavy (non-hydrogen) atoms. The highest BCUT2D eigenvalue weighted by atomic mass is 35.5. The van der Waals surface area contributed by atoms with Crippen LogP contribution in [0, 0.1) is 0 Å². The quantitative estimate of drug-likeness (QED) is 0.824. The van der Waals surface area contributed by atoms with E-state index in [1.54, 1.807) is 0 Å².